The fourth-order valence-corrected chi connectivity index (χ4v) is 1.64. The van der Waals surface area contributed by atoms with Gasteiger partial charge >= 0.3 is 44.9 Å². The Morgan fingerprint density at radius 2 is 1.93 bits per heavy atom. The van der Waals surface area contributed by atoms with Gasteiger partial charge in [0.1, 0.15) is 14.1 Å². The summed E-state index contributed by atoms with van der Waals surface area (Å²) in [6.45, 7) is 3.84. The van der Waals surface area contributed by atoms with Gasteiger partial charge in [-0.3, -0.25) is 0 Å². The van der Waals surface area contributed by atoms with E-state index in [2.05, 4.69) is 10.8 Å². The average molecular weight is 430 g/mol. The minimum absolute atomic E-state index is 0.207. The molecule has 1 heterocycles. The molecule has 15 heteroatoms. The fraction of sp³-hybridized carbons (Fsp3) is 0.750. The van der Waals surface area contributed by atoms with Crippen molar-refractivity contribution < 1.29 is 48.9 Å². The van der Waals surface area contributed by atoms with Gasteiger partial charge in [0.2, 0.25) is 6.04 Å². The Labute approximate surface area is 151 Å². The number of ether oxygens (including phenoxy) is 2. The molecular formula is C12H21F6N4O4P. The van der Waals surface area contributed by atoms with Crippen LogP contribution in [-0.2, 0) is 19.1 Å². The van der Waals surface area contributed by atoms with Crippen molar-refractivity contribution in [3.8, 4) is 6.07 Å². The standard InChI is InChI=1S/C12H21N4O4.F6P/c1-4-18-12(17)9(7-13)15-20-11(16(2)3)10-8-14-5-6-19-10;1-7(2,3,4,5)6/h9-10,14-15H,4-6,8H2,1-3H3;/q+1;-1. The SMILES string of the molecule is CCOC(=O)C(C#N)NOC(C1CNCCO1)=[N+](C)C.F[P-](F)(F)(F)(F)F. The number of nitrogens with one attached hydrogen (secondary N) is 2. The molecule has 1 rings (SSSR count). The van der Waals surface area contributed by atoms with Gasteiger partial charge in [-0.2, -0.15) is 5.26 Å². The Bertz CT molecular complexity index is 571. The van der Waals surface area contributed by atoms with E-state index in [-0.39, 0.29) is 12.7 Å². The van der Waals surface area contributed by atoms with Crippen LogP contribution in [0.3, 0.4) is 0 Å². The van der Waals surface area contributed by atoms with Crippen LogP contribution in [0.4, 0.5) is 25.2 Å². The molecule has 0 aromatic carbocycles. The molecule has 0 spiro atoms. The second-order valence-corrected chi connectivity index (χ2v) is 7.21. The topological polar surface area (TPSA) is 95.6 Å². The Balaban J connectivity index is 0.000000821. The molecule has 8 nitrogen and oxygen atoms in total. The predicted molar refractivity (Wildman–Crippen MR) is 83.5 cm³/mol. The fourth-order valence-electron chi connectivity index (χ4n) is 1.64. The summed E-state index contributed by atoms with van der Waals surface area (Å²) in [6.07, 6.45) is -0.271. The molecule has 2 N–H and O–H groups in total. The van der Waals surface area contributed by atoms with Crippen LogP contribution in [0.1, 0.15) is 6.92 Å². The van der Waals surface area contributed by atoms with Crippen LogP contribution in [0.15, 0.2) is 0 Å². The number of hydrogen-bond acceptors (Lipinski definition) is 7. The average Bonchev–Trinajstić information content (AvgIpc) is 2.49. The van der Waals surface area contributed by atoms with Crippen molar-refractivity contribution in [2.75, 3.05) is 40.4 Å². The van der Waals surface area contributed by atoms with Crippen molar-refractivity contribution in [2.45, 2.75) is 19.1 Å². The van der Waals surface area contributed by atoms with Gasteiger partial charge in [0.15, 0.2) is 6.10 Å². The van der Waals surface area contributed by atoms with Crippen LogP contribution in [-0.4, -0.2) is 69.0 Å². The van der Waals surface area contributed by atoms with Crippen molar-refractivity contribution in [3.05, 3.63) is 0 Å². The number of carbonyl (C=O) groups is 1. The maximum atomic E-state index is 11.5. The zero-order chi connectivity index (χ0) is 21.4. The van der Waals surface area contributed by atoms with Crippen molar-refractivity contribution in [1.29, 1.82) is 5.26 Å². The molecule has 1 aliphatic rings. The number of rotatable bonds is 5. The van der Waals surface area contributed by atoms with Crippen LogP contribution < -0.4 is 10.8 Å². The molecule has 0 aliphatic carbocycles. The molecule has 1 aliphatic heterocycles. The Morgan fingerprint density at radius 3 is 2.30 bits per heavy atom. The third-order valence-corrected chi connectivity index (χ3v) is 2.58. The van der Waals surface area contributed by atoms with E-state index in [1.54, 1.807) is 31.7 Å². The van der Waals surface area contributed by atoms with Gasteiger partial charge in [-0.25, -0.2) is 9.37 Å². The number of esters is 1. The molecule has 0 saturated carbocycles. The van der Waals surface area contributed by atoms with E-state index >= 15 is 0 Å². The van der Waals surface area contributed by atoms with Gasteiger partial charge in [0, 0.05) is 13.1 Å². The van der Waals surface area contributed by atoms with Gasteiger partial charge in [-0.05, 0) is 6.92 Å². The van der Waals surface area contributed by atoms with E-state index in [0.29, 0.717) is 19.0 Å². The summed E-state index contributed by atoms with van der Waals surface area (Å²) in [7, 11) is -7.07. The van der Waals surface area contributed by atoms with Crippen LogP contribution in [0.25, 0.3) is 0 Å². The molecule has 0 amide bonds. The molecule has 160 valence electrons. The summed E-state index contributed by atoms with van der Waals surface area (Å²) in [5, 5.41) is 12.1. The first-order valence-corrected chi connectivity index (χ1v) is 9.49. The molecule has 1 fully saturated rings. The summed E-state index contributed by atoms with van der Waals surface area (Å²) >= 11 is 0. The van der Waals surface area contributed by atoms with Gasteiger partial charge in [-0.15, -0.1) is 5.48 Å². The van der Waals surface area contributed by atoms with Gasteiger partial charge < -0.3 is 19.6 Å². The number of halogens is 6. The van der Waals surface area contributed by atoms with Crippen molar-refractivity contribution in [1.82, 2.24) is 10.8 Å². The molecule has 0 aromatic heterocycles. The molecular weight excluding hydrogens is 409 g/mol. The van der Waals surface area contributed by atoms with Crippen LogP contribution in [0.2, 0.25) is 0 Å². The maximum absolute atomic E-state index is 11.5. The molecule has 2 unspecified atom stereocenters. The summed E-state index contributed by atoms with van der Waals surface area (Å²) in [5.74, 6) is -0.183. The quantitative estimate of drug-likeness (QED) is 0.131. The second-order valence-electron chi connectivity index (χ2n) is 5.29. The van der Waals surface area contributed by atoms with Crippen LogP contribution >= 0.6 is 7.81 Å². The third-order valence-electron chi connectivity index (χ3n) is 2.58. The van der Waals surface area contributed by atoms with Crippen molar-refractivity contribution in [3.63, 3.8) is 0 Å². The zero-order valence-corrected chi connectivity index (χ0v) is 15.6. The molecule has 0 aromatic rings. The summed E-state index contributed by atoms with van der Waals surface area (Å²) in [6, 6.07) is 0.606. The first-order chi connectivity index (χ1) is 12.0. The molecule has 27 heavy (non-hydrogen) atoms. The van der Waals surface area contributed by atoms with Crippen LogP contribution in [0, 0.1) is 11.3 Å². The number of hydrogen-bond donors (Lipinski definition) is 2. The summed E-state index contributed by atoms with van der Waals surface area (Å²) in [4.78, 5) is 16.8. The van der Waals surface area contributed by atoms with E-state index in [1.165, 1.54) is 0 Å². The van der Waals surface area contributed by atoms with E-state index in [4.69, 9.17) is 19.6 Å². The number of carbonyl (C=O) groups excluding carboxylic acids is 1. The summed E-state index contributed by atoms with van der Waals surface area (Å²) < 4.78 is 71.3. The second kappa shape index (κ2) is 9.01. The Hall–Kier alpha value is -1.68. The zero-order valence-electron chi connectivity index (χ0n) is 14.7. The van der Waals surface area contributed by atoms with Crippen molar-refractivity contribution >= 4 is 19.7 Å². The Morgan fingerprint density at radius 1 is 1.37 bits per heavy atom. The minimum atomic E-state index is -10.7. The molecule has 2 atom stereocenters. The number of nitrogens with zero attached hydrogens (tertiary/aromatic N) is 2. The normalized spacial score (nSPS) is 20.5. The van der Waals surface area contributed by atoms with Crippen molar-refractivity contribution in [2.24, 2.45) is 0 Å². The predicted octanol–water partition coefficient (Wildman–Crippen LogP) is 2.00. The van der Waals surface area contributed by atoms with E-state index in [0.717, 1.165) is 6.54 Å². The van der Waals surface area contributed by atoms with Gasteiger partial charge in [-0.1, -0.05) is 0 Å². The van der Waals surface area contributed by atoms with E-state index in [1.807, 2.05) is 0 Å². The first kappa shape index (κ1) is 25.3. The Kier molecular flexibility index (Phi) is 8.45. The third kappa shape index (κ3) is 15.1. The molecule has 0 bridgehead atoms. The first-order valence-electron chi connectivity index (χ1n) is 7.46. The van der Waals surface area contributed by atoms with E-state index in [9.17, 15) is 30.0 Å². The number of morpholine rings is 1. The van der Waals surface area contributed by atoms with Gasteiger partial charge in [0.05, 0.1) is 19.3 Å². The molecule has 0 radical (unpaired) electrons. The van der Waals surface area contributed by atoms with Crippen LogP contribution in [0.5, 0.6) is 0 Å². The molecule has 1 saturated heterocycles. The summed E-state index contributed by atoms with van der Waals surface area (Å²) in [5.41, 5.74) is 2.41. The monoisotopic (exact) mass is 430 g/mol. The van der Waals surface area contributed by atoms with E-state index < -0.39 is 19.8 Å². The van der Waals surface area contributed by atoms with Gasteiger partial charge in [0.25, 0.3) is 0 Å². The number of hydroxylamine groups is 1. The number of nitriles is 1.